The highest BCUT2D eigenvalue weighted by Crippen LogP contribution is 2.25. The van der Waals surface area contributed by atoms with Crippen LogP contribution in [0.1, 0.15) is 18.9 Å². The molecule has 1 aliphatic heterocycles. The molecule has 3 unspecified atom stereocenters. The molecular weight excluding hydrogens is 258 g/mol. The molecule has 1 fully saturated rings. The van der Waals surface area contributed by atoms with E-state index in [2.05, 4.69) is 0 Å². The van der Waals surface area contributed by atoms with Crippen LogP contribution in [0.4, 0.5) is 5.69 Å². The van der Waals surface area contributed by atoms with Crippen LogP contribution in [0.25, 0.3) is 0 Å². The molecule has 3 atom stereocenters. The number of halogens is 1. The molecule has 0 amide bonds. The third-order valence-electron chi connectivity index (χ3n) is 3.02. The summed E-state index contributed by atoms with van der Waals surface area (Å²) in [7, 11) is -0.944. The number of anilines is 1. The van der Waals surface area contributed by atoms with Crippen LogP contribution in [0.2, 0.25) is 5.02 Å². The Bertz CT molecular complexity index is 439. The van der Waals surface area contributed by atoms with Gasteiger partial charge in [0, 0.05) is 28.1 Å². The van der Waals surface area contributed by atoms with Crippen LogP contribution in [0.5, 0.6) is 0 Å². The van der Waals surface area contributed by atoms with Crippen molar-refractivity contribution in [1.82, 2.24) is 0 Å². The van der Waals surface area contributed by atoms with Gasteiger partial charge in [0.25, 0.3) is 0 Å². The van der Waals surface area contributed by atoms with E-state index in [4.69, 9.17) is 22.1 Å². The summed E-state index contributed by atoms with van der Waals surface area (Å²) in [6.07, 6.45) is 0.934. The van der Waals surface area contributed by atoms with Gasteiger partial charge in [-0.25, -0.2) is 0 Å². The average Bonchev–Trinajstić information content (AvgIpc) is 2.68. The van der Waals surface area contributed by atoms with Crippen molar-refractivity contribution >= 4 is 28.1 Å². The quantitative estimate of drug-likeness (QED) is 0.860. The van der Waals surface area contributed by atoms with Crippen LogP contribution in [-0.4, -0.2) is 22.2 Å². The molecule has 0 saturated carbocycles. The van der Waals surface area contributed by atoms with E-state index in [0.29, 0.717) is 23.1 Å². The van der Waals surface area contributed by atoms with Crippen molar-refractivity contribution in [2.24, 2.45) is 0 Å². The number of nitrogen functional groups attached to an aromatic ring is 1. The summed E-state index contributed by atoms with van der Waals surface area (Å²) in [6, 6.07) is 5.33. The third kappa shape index (κ3) is 3.00. The van der Waals surface area contributed by atoms with Gasteiger partial charge >= 0.3 is 0 Å². The minimum Gasteiger partial charge on any atom is -0.399 e. The highest BCUT2D eigenvalue weighted by atomic mass is 35.5. The first-order valence-electron chi connectivity index (χ1n) is 5.60. The number of hydrogen-bond donors (Lipinski definition) is 1. The fourth-order valence-corrected chi connectivity index (χ4v) is 3.97. The second-order valence-electron chi connectivity index (χ2n) is 4.28. The fraction of sp³-hybridized carbons (Fsp3) is 0.500. The van der Waals surface area contributed by atoms with Crippen LogP contribution in [-0.2, 0) is 21.3 Å². The Hall–Kier alpha value is -0.580. The SMILES string of the molecule is CC1OCCC1S(=O)Cc1ccc(N)cc1Cl. The zero-order valence-corrected chi connectivity index (χ0v) is 11.3. The maximum Gasteiger partial charge on any atom is 0.0691 e. The molecule has 94 valence electrons. The van der Waals surface area contributed by atoms with E-state index >= 15 is 0 Å². The molecule has 3 nitrogen and oxygen atoms in total. The molecule has 0 bridgehead atoms. The Labute approximate surface area is 109 Å². The van der Waals surface area contributed by atoms with Crippen LogP contribution < -0.4 is 5.73 Å². The van der Waals surface area contributed by atoms with Gasteiger partial charge in [-0.2, -0.15) is 0 Å². The van der Waals surface area contributed by atoms with Gasteiger partial charge < -0.3 is 10.5 Å². The Morgan fingerprint density at radius 1 is 1.59 bits per heavy atom. The van der Waals surface area contributed by atoms with E-state index in [-0.39, 0.29) is 11.4 Å². The molecule has 1 aromatic carbocycles. The normalized spacial score (nSPS) is 26.0. The van der Waals surface area contributed by atoms with E-state index in [1.54, 1.807) is 12.1 Å². The standard InChI is InChI=1S/C12H16ClNO2S/c1-8-12(4-5-16-8)17(15)7-9-2-3-10(14)6-11(9)13/h2-3,6,8,12H,4-5,7,14H2,1H3. The van der Waals surface area contributed by atoms with E-state index < -0.39 is 10.8 Å². The number of nitrogens with two attached hydrogens (primary N) is 1. The zero-order chi connectivity index (χ0) is 12.4. The molecule has 17 heavy (non-hydrogen) atoms. The van der Waals surface area contributed by atoms with Gasteiger partial charge in [-0.05, 0) is 31.0 Å². The summed E-state index contributed by atoms with van der Waals surface area (Å²) in [5.41, 5.74) is 7.14. The smallest absolute Gasteiger partial charge is 0.0691 e. The summed E-state index contributed by atoms with van der Waals surface area (Å²) in [6.45, 7) is 2.67. The van der Waals surface area contributed by atoms with Crippen LogP contribution in [0, 0.1) is 0 Å². The van der Waals surface area contributed by atoms with E-state index in [1.807, 2.05) is 13.0 Å². The van der Waals surface area contributed by atoms with E-state index in [0.717, 1.165) is 12.0 Å². The highest BCUT2D eigenvalue weighted by molar-refractivity contribution is 7.84. The van der Waals surface area contributed by atoms with Gasteiger partial charge in [-0.1, -0.05) is 17.7 Å². The fourth-order valence-electron chi connectivity index (χ4n) is 2.00. The number of ether oxygens (including phenoxy) is 1. The molecular formula is C12H16ClNO2S. The van der Waals surface area contributed by atoms with E-state index in [1.165, 1.54) is 0 Å². The molecule has 0 aromatic heterocycles. The summed E-state index contributed by atoms with van der Waals surface area (Å²) < 4.78 is 17.6. The molecule has 5 heteroatoms. The van der Waals surface area contributed by atoms with Crippen molar-refractivity contribution < 1.29 is 8.95 Å². The Kier molecular flexibility index (Phi) is 4.07. The van der Waals surface area contributed by atoms with Crippen LogP contribution >= 0.6 is 11.6 Å². The molecule has 0 aliphatic carbocycles. The van der Waals surface area contributed by atoms with Crippen molar-refractivity contribution in [2.45, 2.75) is 30.5 Å². The first-order valence-corrected chi connectivity index (χ1v) is 7.36. The minimum absolute atomic E-state index is 0.0726. The molecule has 1 aromatic rings. The molecule has 2 N–H and O–H groups in total. The van der Waals surface area contributed by atoms with Crippen molar-refractivity contribution in [3.8, 4) is 0 Å². The second-order valence-corrected chi connectivity index (χ2v) is 6.34. The molecule has 2 rings (SSSR count). The molecule has 1 heterocycles. The van der Waals surface area contributed by atoms with Gasteiger partial charge in [0.2, 0.25) is 0 Å². The maximum absolute atomic E-state index is 12.2. The molecule has 1 saturated heterocycles. The largest absolute Gasteiger partial charge is 0.399 e. The Morgan fingerprint density at radius 2 is 2.35 bits per heavy atom. The van der Waals surface area contributed by atoms with Crippen LogP contribution in [0.3, 0.4) is 0 Å². The number of benzene rings is 1. The van der Waals surface area contributed by atoms with Crippen molar-refractivity contribution in [2.75, 3.05) is 12.3 Å². The van der Waals surface area contributed by atoms with E-state index in [9.17, 15) is 4.21 Å². The lowest BCUT2D eigenvalue weighted by Crippen LogP contribution is -2.24. The van der Waals surface area contributed by atoms with Crippen molar-refractivity contribution in [1.29, 1.82) is 0 Å². The average molecular weight is 274 g/mol. The van der Waals surface area contributed by atoms with Gasteiger partial charge in [-0.15, -0.1) is 0 Å². The monoisotopic (exact) mass is 273 g/mol. The first kappa shape index (κ1) is 12.9. The minimum atomic E-state index is -0.944. The van der Waals surface area contributed by atoms with Crippen LogP contribution in [0.15, 0.2) is 18.2 Å². The topological polar surface area (TPSA) is 52.3 Å². The maximum atomic E-state index is 12.2. The van der Waals surface area contributed by atoms with Crippen molar-refractivity contribution in [3.05, 3.63) is 28.8 Å². The summed E-state index contributed by atoms with van der Waals surface area (Å²) in [5.74, 6) is 0.470. The summed E-state index contributed by atoms with van der Waals surface area (Å²) >= 11 is 6.07. The van der Waals surface area contributed by atoms with Crippen molar-refractivity contribution in [3.63, 3.8) is 0 Å². The summed E-state index contributed by atoms with van der Waals surface area (Å²) in [4.78, 5) is 0. The van der Waals surface area contributed by atoms with Gasteiger partial charge in [0.05, 0.1) is 17.1 Å². The first-order chi connectivity index (χ1) is 8.08. The third-order valence-corrected chi connectivity index (χ3v) is 5.26. The highest BCUT2D eigenvalue weighted by Gasteiger charge is 2.29. The lowest BCUT2D eigenvalue weighted by atomic mass is 10.2. The lowest BCUT2D eigenvalue weighted by Gasteiger charge is -2.14. The van der Waals surface area contributed by atoms with Gasteiger partial charge in [-0.3, -0.25) is 4.21 Å². The Balaban J connectivity index is 2.07. The van der Waals surface area contributed by atoms with Gasteiger partial charge in [0.1, 0.15) is 0 Å². The zero-order valence-electron chi connectivity index (χ0n) is 9.69. The molecule has 0 radical (unpaired) electrons. The summed E-state index contributed by atoms with van der Waals surface area (Å²) in [5, 5.41) is 0.702. The second kappa shape index (κ2) is 5.38. The Morgan fingerprint density at radius 3 is 2.94 bits per heavy atom. The van der Waals surface area contributed by atoms with Gasteiger partial charge in [0.15, 0.2) is 0 Å². The lowest BCUT2D eigenvalue weighted by molar-refractivity contribution is 0.127. The molecule has 0 spiro atoms. The number of rotatable bonds is 3. The predicted octanol–water partition coefficient (Wildman–Crippen LogP) is 2.35. The predicted molar refractivity (Wildman–Crippen MR) is 71.5 cm³/mol. The molecule has 1 aliphatic rings. The number of hydrogen-bond acceptors (Lipinski definition) is 3.